The standard InChI is InChI=1S/C19H23NO3S/c1-2-22-19(21)17-7-10-20(11-8-17)23-18-5-3-15(4-6-18)13-16-9-12-24-14-16/h3-6,9,12,14,17H,2,7-8,10-11,13H2,1H3. The van der Waals surface area contributed by atoms with Crippen LogP contribution < -0.4 is 4.84 Å². The van der Waals surface area contributed by atoms with Gasteiger partial charge in [0.15, 0.2) is 0 Å². The summed E-state index contributed by atoms with van der Waals surface area (Å²) < 4.78 is 5.09. The summed E-state index contributed by atoms with van der Waals surface area (Å²) in [5.74, 6) is 0.784. The number of carbonyl (C=O) groups is 1. The van der Waals surface area contributed by atoms with Crippen molar-refractivity contribution >= 4 is 17.3 Å². The zero-order valence-electron chi connectivity index (χ0n) is 13.9. The number of nitrogens with zero attached hydrogens (tertiary/aromatic N) is 1. The molecule has 0 spiro atoms. The van der Waals surface area contributed by atoms with Gasteiger partial charge in [0.1, 0.15) is 5.75 Å². The highest BCUT2D eigenvalue weighted by molar-refractivity contribution is 7.07. The number of esters is 1. The molecule has 1 aromatic carbocycles. The van der Waals surface area contributed by atoms with E-state index in [0.717, 1.165) is 38.1 Å². The highest BCUT2D eigenvalue weighted by atomic mass is 32.1. The van der Waals surface area contributed by atoms with Gasteiger partial charge < -0.3 is 9.57 Å². The van der Waals surface area contributed by atoms with Gasteiger partial charge in [-0.1, -0.05) is 12.1 Å². The number of ether oxygens (including phenoxy) is 1. The van der Waals surface area contributed by atoms with Gasteiger partial charge in [-0.15, -0.1) is 5.06 Å². The number of hydroxylamine groups is 2. The lowest BCUT2D eigenvalue weighted by Gasteiger charge is -2.30. The first kappa shape index (κ1) is 17.0. The summed E-state index contributed by atoms with van der Waals surface area (Å²) in [5.41, 5.74) is 2.62. The van der Waals surface area contributed by atoms with E-state index < -0.39 is 0 Å². The first-order chi connectivity index (χ1) is 11.7. The van der Waals surface area contributed by atoms with Crippen molar-refractivity contribution < 1.29 is 14.4 Å². The molecule has 3 rings (SSSR count). The third-order valence-corrected chi connectivity index (χ3v) is 4.95. The van der Waals surface area contributed by atoms with Crippen molar-refractivity contribution in [2.75, 3.05) is 19.7 Å². The Balaban J connectivity index is 1.47. The van der Waals surface area contributed by atoms with Crippen LogP contribution in [0.4, 0.5) is 0 Å². The fourth-order valence-electron chi connectivity index (χ4n) is 2.89. The van der Waals surface area contributed by atoms with E-state index in [9.17, 15) is 4.79 Å². The Hall–Kier alpha value is -1.85. The molecule has 0 aliphatic carbocycles. The minimum absolute atomic E-state index is 0.0118. The first-order valence-electron chi connectivity index (χ1n) is 8.44. The molecular formula is C19H23NO3S. The van der Waals surface area contributed by atoms with Gasteiger partial charge in [-0.25, -0.2) is 0 Å². The Bertz CT molecular complexity index is 631. The van der Waals surface area contributed by atoms with Crippen LogP contribution in [0, 0.1) is 5.92 Å². The van der Waals surface area contributed by atoms with Crippen LogP contribution in [0.25, 0.3) is 0 Å². The molecule has 0 amide bonds. The van der Waals surface area contributed by atoms with E-state index >= 15 is 0 Å². The molecule has 1 aliphatic rings. The Morgan fingerprint density at radius 3 is 2.54 bits per heavy atom. The first-order valence-corrected chi connectivity index (χ1v) is 9.38. The third-order valence-electron chi connectivity index (χ3n) is 4.22. The molecule has 1 aromatic heterocycles. The topological polar surface area (TPSA) is 38.8 Å². The summed E-state index contributed by atoms with van der Waals surface area (Å²) in [6, 6.07) is 10.4. The summed E-state index contributed by atoms with van der Waals surface area (Å²) >= 11 is 1.73. The van der Waals surface area contributed by atoms with Gasteiger partial charge in [0.05, 0.1) is 12.5 Å². The highest BCUT2D eigenvalue weighted by Crippen LogP contribution is 2.22. The van der Waals surface area contributed by atoms with Gasteiger partial charge in [0, 0.05) is 13.1 Å². The van der Waals surface area contributed by atoms with E-state index in [1.54, 1.807) is 11.3 Å². The lowest BCUT2D eigenvalue weighted by molar-refractivity contribution is -0.153. The number of carbonyl (C=O) groups excluding carboxylic acids is 1. The smallest absolute Gasteiger partial charge is 0.309 e. The SMILES string of the molecule is CCOC(=O)C1CCN(Oc2ccc(Cc3ccsc3)cc2)CC1. The van der Waals surface area contributed by atoms with E-state index in [-0.39, 0.29) is 11.9 Å². The lowest BCUT2D eigenvalue weighted by Crippen LogP contribution is -2.38. The van der Waals surface area contributed by atoms with Gasteiger partial charge in [0.25, 0.3) is 0 Å². The van der Waals surface area contributed by atoms with Crippen LogP contribution in [0.3, 0.4) is 0 Å². The van der Waals surface area contributed by atoms with Crippen LogP contribution in [-0.4, -0.2) is 30.7 Å². The van der Waals surface area contributed by atoms with Crippen molar-refractivity contribution in [2.45, 2.75) is 26.2 Å². The molecule has 4 nitrogen and oxygen atoms in total. The Kier molecular flexibility index (Phi) is 5.88. The van der Waals surface area contributed by atoms with E-state index in [1.165, 1.54) is 11.1 Å². The molecule has 128 valence electrons. The van der Waals surface area contributed by atoms with Crippen LogP contribution in [0.5, 0.6) is 5.75 Å². The van der Waals surface area contributed by atoms with E-state index in [2.05, 4.69) is 29.0 Å². The molecule has 0 unspecified atom stereocenters. The molecular weight excluding hydrogens is 322 g/mol. The Labute approximate surface area is 147 Å². The molecule has 1 fully saturated rings. The van der Waals surface area contributed by atoms with Crippen molar-refractivity contribution in [1.82, 2.24) is 5.06 Å². The minimum atomic E-state index is -0.0741. The molecule has 24 heavy (non-hydrogen) atoms. The van der Waals surface area contributed by atoms with Crippen molar-refractivity contribution in [2.24, 2.45) is 5.92 Å². The van der Waals surface area contributed by atoms with Crippen molar-refractivity contribution in [1.29, 1.82) is 0 Å². The number of piperidine rings is 1. The molecule has 0 radical (unpaired) electrons. The van der Waals surface area contributed by atoms with Gasteiger partial charge in [0.2, 0.25) is 0 Å². The molecule has 0 N–H and O–H groups in total. The van der Waals surface area contributed by atoms with Crippen LogP contribution in [-0.2, 0) is 16.0 Å². The van der Waals surface area contributed by atoms with E-state index in [1.807, 2.05) is 24.1 Å². The normalized spacial score (nSPS) is 16.0. The summed E-state index contributed by atoms with van der Waals surface area (Å²) in [7, 11) is 0. The second-order valence-electron chi connectivity index (χ2n) is 6.00. The average Bonchev–Trinajstić information content (AvgIpc) is 3.10. The maximum absolute atomic E-state index is 11.8. The summed E-state index contributed by atoms with van der Waals surface area (Å²) in [4.78, 5) is 17.7. The Morgan fingerprint density at radius 1 is 1.17 bits per heavy atom. The second-order valence-corrected chi connectivity index (χ2v) is 6.78. The van der Waals surface area contributed by atoms with Gasteiger partial charge in [-0.3, -0.25) is 4.79 Å². The van der Waals surface area contributed by atoms with Crippen LogP contribution in [0.1, 0.15) is 30.9 Å². The lowest BCUT2D eigenvalue weighted by atomic mass is 9.98. The van der Waals surface area contributed by atoms with Crippen molar-refractivity contribution in [3.8, 4) is 5.75 Å². The number of hydrogen-bond donors (Lipinski definition) is 0. The number of hydrogen-bond acceptors (Lipinski definition) is 5. The number of benzene rings is 1. The Morgan fingerprint density at radius 2 is 1.92 bits per heavy atom. The van der Waals surface area contributed by atoms with E-state index in [4.69, 9.17) is 9.57 Å². The van der Waals surface area contributed by atoms with E-state index in [0.29, 0.717) is 6.61 Å². The molecule has 0 saturated carbocycles. The molecule has 5 heteroatoms. The maximum atomic E-state index is 11.8. The summed E-state index contributed by atoms with van der Waals surface area (Å²) in [5, 5.41) is 6.22. The summed E-state index contributed by atoms with van der Waals surface area (Å²) in [6.07, 6.45) is 2.53. The zero-order chi connectivity index (χ0) is 16.8. The highest BCUT2D eigenvalue weighted by Gasteiger charge is 2.26. The third kappa shape index (κ3) is 4.58. The van der Waals surface area contributed by atoms with Crippen LogP contribution in [0.2, 0.25) is 0 Å². The van der Waals surface area contributed by atoms with Crippen molar-refractivity contribution in [3.63, 3.8) is 0 Å². The van der Waals surface area contributed by atoms with Crippen LogP contribution in [0.15, 0.2) is 41.1 Å². The molecule has 2 aromatic rings. The monoisotopic (exact) mass is 345 g/mol. The molecule has 0 bridgehead atoms. The zero-order valence-corrected chi connectivity index (χ0v) is 14.8. The number of thiophene rings is 1. The fourth-order valence-corrected chi connectivity index (χ4v) is 3.56. The largest absolute Gasteiger partial charge is 0.466 e. The number of rotatable bonds is 6. The molecule has 0 atom stereocenters. The van der Waals surface area contributed by atoms with Crippen LogP contribution >= 0.6 is 11.3 Å². The molecule has 1 aliphatic heterocycles. The quantitative estimate of drug-likeness (QED) is 0.744. The predicted molar refractivity (Wildman–Crippen MR) is 95.1 cm³/mol. The van der Waals surface area contributed by atoms with Gasteiger partial charge >= 0.3 is 5.97 Å². The second kappa shape index (κ2) is 8.31. The average molecular weight is 345 g/mol. The minimum Gasteiger partial charge on any atom is -0.466 e. The maximum Gasteiger partial charge on any atom is 0.309 e. The summed E-state index contributed by atoms with van der Waals surface area (Å²) in [6.45, 7) is 3.80. The molecule has 1 saturated heterocycles. The molecule has 2 heterocycles. The fraction of sp³-hybridized carbons (Fsp3) is 0.421. The van der Waals surface area contributed by atoms with Crippen molar-refractivity contribution in [3.05, 3.63) is 52.2 Å². The van der Waals surface area contributed by atoms with Gasteiger partial charge in [-0.2, -0.15) is 11.3 Å². The predicted octanol–water partition coefficient (Wildman–Crippen LogP) is 3.91. The van der Waals surface area contributed by atoms with Gasteiger partial charge in [-0.05, 0) is 66.3 Å².